The van der Waals surface area contributed by atoms with Crippen molar-refractivity contribution in [2.24, 2.45) is 5.92 Å². The maximum absolute atomic E-state index is 12.5. The normalized spacial score (nSPS) is 17.3. The molecule has 4 heteroatoms. The molecule has 1 fully saturated rings. The number of benzene rings is 2. The largest absolute Gasteiger partial charge is 0.325 e. The molecule has 1 unspecified atom stereocenters. The highest BCUT2D eigenvalue weighted by Crippen LogP contribution is 2.26. The van der Waals surface area contributed by atoms with Gasteiger partial charge in [-0.2, -0.15) is 0 Å². The first-order chi connectivity index (χ1) is 11.2. The minimum absolute atomic E-state index is 0.126. The molecule has 1 saturated heterocycles. The Balaban J connectivity index is 1.67. The van der Waals surface area contributed by atoms with Gasteiger partial charge in [-0.1, -0.05) is 37.3 Å². The van der Waals surface area contributed by atoms with Crippen LogP contribution in [0.1, 0.15) is 18.9 Å². The second-order valence-corrected chi connectivity index (χ2v) is 5.71. The minimum atomic E-state index is -0.610. The fourth-order valence-electron chi connectivity index (χ4n) is 2.84. The summed E-state index contributed by atoms with van der Waals surface area (Å²) in [5.41, 5.74) is 2.80. The molecule has 118 valence electrons. The van der Waals surface area contributed by atoms with E-state index >= 15 is 0 Å². The van der Waals surface area contributed by atoms with Gasteiger partial charge in [-0.05, 0) is 42.7 Å². The van der Waals surface area contributed by atoms with E-state index in [1.807, 2.05) is 54.6 Å². The predicted octanol–water partition coefficient (Wildman–Crippen LogP) is 3.24. The van der Waals surface area contributed by atoms with E-state index in [1.54, 1.807) is 4.90 Å². The van der Waals surface area contributed by atoms with E-state index < -0.39 is 5.92 Å². The molecule has 0 bridgehead atoms. The molecule has 2 aromatic carbocycles. The van der Waals surface area contributed by atoms with Gasteiger partial charge in [-0.3, -0.25) is 9.59 Å². The molecule has 4 nitrogen and oxygen atoms in total. The highest BCUT2D eigenvalue weighted by atomic mass is 16.2. The third kappa shape index (κ3) is 3.26. The summed E-state index contributed by atoms with van der Waals surface area (Å²) < 4.78 is 0. The fraction of sp³-hybridized carbons (Fsp3) is 0.263. The van der Waals surface area contributed by atoms with Crippen LogP contribution >= 0.6 is 0 Å². The lowest BCUT2D eigenvalue weighted by Crippen LogP contribution is -2.33. The SMILES string of the molecule is CCc1ccc(NC(=O)C2CCN(c3ccccc3)C2=O)cc1. The predicted molar refractivity (Wildman–Crippen MR) is 91.4 cm³/mol. The zero-order chi connectivity index (χ0) is 16.2. The highest BCUT2D eigenvalue weighted by Gasteiger charge is 2.37. The number of para-hydroxylation sites is 1. The molecule has 0 spiro atoms. The number of nitrogens with zero attached hydrogens (tertiary/aromatic N) is 1. The lowest BCUT2D eigenvalue weighted by atomic mass is 10.1. The molecule has 0 aromatic heterocycles. The van der Waals surface area contributed by atoms with E-state index in [-0.39, 0.29) is 11.8 Å². The Kier molecular flexibility index (Phi) is 4.42. The number of nitrogens with one attached hydrogen (secondary N) is 1. The third-order valence-corrected chi connectivity index (χ3v) is 4.22. The van der Waals surface area contributed by atoms with E-state index in [9.17, 15) is 9.59 Å². The molecule has 3 rings (SSSR count). The van der Waals surface area contributed by atoms with Crippen LogP contribution in [0.4, 0.5) is 11.4 Å². The average Bonchev–Trinajstić information content (AvgIpc) is 2.98. The van der Waals surface area contributed by atoms with Gasteiger partial charge in [0, 0.05) is 17.9 Å². The van der Waals surface area contributed by atoms with Gasteiger partial charge in [0.05, 0.1) is 0 Å². The van der Waals surface area contributed by atoms with Crippen LogP contribution < -0.4 is 10.2 Å². The Hall–Kier alpha value is -2.62. The molecule has 1 N–H and O–H groups in total. The number of rotatable bonds is 4. The standard InChI is InChI=1S/C19H20N2O2/c1-2-14-8-10-15(11-9-14)20-18(22)17-12-13-21(19(17)23)16-6-4-3-5-7-16/h3-11,17H,2,12-13H2,1H3,(H,20,22). The van der Waals surface area contributed by atoms with Crippen LogP contribution in [-0.4, -0.2) is 18.4 Å². The molecule has 1 atom stereocenters. The number of hydrogen-bond donors (Lipinski definition) is 1. The van der Waals surface area contributed by atoms with Crippen molar-refractivity contribution in [3.8, 4) is 0 Å². The van der Waals surface area contributed by atoms with Gasteiger partial charge in [0.1, 0.15) is 5.92 Å². The summed E-state index contributed by atoms with van der Waals surface area (Å²) in [5.74, 6) is -0.961. The molecule has 2 amide bonds. The van der Waals surface area contributed by atoms with Crippen LogP contribution in [0, 0.1) is 5.92 Å². The summed E-state index contributed by atoms with van der Waals surface area (Å²) in [7, 11) is 0. The Morgan fingerprint density at radius 1 is 1.13 bits per heavy atom. The van der Waals surface area contributed by atoms with Crippen molar-refractivity contribution in [3.63, 3.8) is 0 Å². The van der Waals surface area contributed by atoms with Crippen LogP contribution in [0.15, 0.2) is 54.6 Å². The molecular weight excluding hydrogens is 288 g/mol. The Morgan fingerprint density at radius 3 is 2.48 bits per heavy atom. The summed E-state index contributed by atoms with van der Waals surface area (Å²) in [6.45, 7) is 2.67. The number of carbonyl (C=O) groups is 2. The van der Waals surface area contributed by atoms with Crippen LogP contribution in [0.3, 0.4) is 0 Å². The molecule has 1 aliphatic rings. The van der Waals surface area contributed by atoms with Crippen molar-refractivity contribution in [3.05, 3.63) is 60.2 Å². The number of amides is 2. The maximum Gasteiger partial charge on any atom is 0.239 e. The van der Waals surface area contributed by atoms with Gasteiger partial charge >= 0.3 is 0 Å². The summed E-state index contributed by atoms with van der Waals surface area (Å²) in [4.78, 5) is 26.6. The lowest BCUT2D eigenvalue weighted by molar-refractivity contribution is -0.129. The van der Waals surface area contributed by atoms with Crippen molar-refractivity contribution in [2.45, 2.75) is 19.8 Å². The van der Waals surface area contributed by atoms with Crippen LogP contribution in [0.5, 0.6) is 0 Å². The van der Waals surface area contributed by atoms with Gasteiger partial charge in [-0.25, -0.2) is 0 Å². The summed E-state index contributed by atoms with van der Waals surface area (Å²) in [6, 6.07) is 17.2. The first-order valence-corrected chi connectivity index (χ1v) is 7.95. The summed E-state index contributed by atoms with van der Waals surface area (Å²) in [5, 5.41) is 2.85. The number of anilines is 2. The zero-order valence-electron chi connectivity index (χ0n) is 13.2. The van der Waals surface area contributed by atoms with E-state index in [0.29, 0.717) is 13.0 Å². The summed E-state index contributed by atoms with van der Waals surface area (Å²) in [6.07, 6.45) is 1.51. The first-order valence-electron chi connectivity index (χ1n) is 7.95. The second kappa shape index (κ2) is 6.65. The molecule has 1 aliphatic heterocycles. The van der Waals surface area contributed by atoms with Crippen molar-refractivity contribution in [1.82, 2.24) is 0 Å². The van der Waals surface area contributed by atoms with Crippen molar-refractivity contribution in [1.29, 1.82) is 0 Å². The zero-order valence-corrected chi connectivity index (χ0v) is 13.2. The Labute approximate surface area is 136 Å². The van der Waals surface area contributed by atoms with E-state index in [2.05, 4.69) is 12.2 Å². The third-order valence-electron chi connectivity index (χ3n) is 4.22. The molecule has 0 radical (unpaired) electrons. The maximum atomic E-state index is 12.5. The molecule has 2 aromatic rings. The second-order valence-electron chi connectivity index (χ2n) is 5.71. The van der Waals surface area contributed by atoms with Crippen LogP contribution in [0.2, 0.25) is 0 Å². The number of hydrogen-bond acceptors (Lipinski definition) is 2. The van der Waals surface area contributed by atoms with Crippen molar-refractivity contribution >= 4 is 23.2 Å². The van der Waals surface area contributed by atoms with Gasteiger partial charge in [0.2, 0.25) is 11.8 Å². The Morgan fingerprint density at radius 2 is 1.83 bits per heavy atom. The number of carbonyl (C=O) groups excluding carboxylic acids is 2. The summed E-state index contributed by atoms with van der Waals surface area (Å²) >= 11 is 0. The fourth-order valence-corrected chi connectivity index (χ4v) is 2.84. The van der Waals surface area contributed by atoms with Crippen LogP contribution in [0.25, 0.3) is 0 Å². The van der Waals surface area contributed by atoms with E-state index in [0.717, 1.165) is 17.8 Å². The quantitative estimate of drug-likeness (QED) is 0.882. The van der Waals surface area contributed by atoms with E-state index in [1.165, 1.54) is 5.56 Å². The van der Waals surface area contributed by atoms with Gasteiger partial charge < -0.3 is 10.2 Å². The van der Waals surface area contributed by atoms with Gasteiger partial charge in [0.25, 0.3) is 0 Å². The lowest BCUT2D eigenvalue weighted by Gasteiger charge is -2.16. The average molecular weight is 308 g/mol. The molecule has 0 saturated carbocycles. The smallest absolute Gasteiger partial charge is 0.239 e. The minimum Gasteiger partial charge on any atom is -0.325 e. The van der Waals surface area contributed by atoms with Crippen molar-refractivity contribution < 1.29 is 9.59 Å². The van der Waals surface area contributed by atoms with Gasteiger partial charge in [0.15, 0.2) is 0 Å². The highest BCUT2D eigenvalue weighted by molar-refractivity contribution is 6.13. The number of aryl methyl sites for hydroxylation is 1. The van der Waals surface area contributed by atoms with Crippen LogP contribution in [-0.2, 0) is 16.0 Å². The van der Waals surface area contributed by atoms with Crippen molar-refractivity contribution in [2.75, 3.05) is 16.8 Å². The van der Waals surface area contributed by atoms with Gasteiger partial charge in [-0.15, -0.1) is 0 Å². The molecule has 0 aliphatic carbocycles. The Bertz CT molecular complexity index is 695. The topological polar surface area (TPSA) is 49.4 Å². The molecular formula is C19H20N2O2. The first kappa shape index (κ1) is 15.3. The molecule has 1 heterocycles. The molecule has 23 heavy (non-hydrogen) atoms. The monoisotopic (exact) mass is 308 g/mol. The van der Waals surface area contributed by atoms with E-state index in [4.69, 9.17) is 0 Å².